The van der Waals surface area contributed by atoms with Gasteiger partial charge in [0.15, 0.2) is 5.13 Å². The number of aromatic nitrogens is 1. The molecule has 0 radical (unpaired) electrons. The Hall–Kier alpha value is -1.67. The summed E-state index contributed by atoms with van der Waals surface area (Å²) in [6.07, 6.45) is -0.0686. The van der Waals surface area contributed by atoms with Crippen molar-refractivity contribution in [3.8, 4) is 17.0 Å². The molecule has 2 rings (SSSR count). The van der Waals surface area contributed by atoms with Gasteiger partial charge in [0.2, 0.25) is 5.91 Å². The number of rotatable bonds is 7. The fourth-order valence-electron chi connectivity index (χ4n) is 2.11. The third kappa shape index (κ3) is 5.17. The molecule has 1 aromatic carbocycles. The second-order valence-electron chi connectivity index (χ2n) is 5.00. The van der Waals surface area contributed by atoms with Gasteiger partial charge < -0.3 is 20.5 Å². The molecule has 0 aliphatic rings. The lowest BCUT2D eigenvalue weighted by molar-refractivity contribution is -0.118. The van der Waals surface area contributed by atoms with E-state index in [2.05, 4.69) is 10.3 Å². The molecule has 6 nitrogen and oxygen atoms in total. The van der Waals surface area contributed by atoms with Gasteiger partial charge >= 0.3 is 0 Å². The SMILES string of the molecule is COc1ccc(-c2nc(NC(=O)CC(CN)OC)sc2C)cc1.Cl. The second kappa shape index (κ2) is 9.58. The summed E-state index contributed by atoms with van der Waals surface area (Å²) in [6.45, 7) is 2.28. The molecular weight excluding hydrogens is 350 g/mol. The van der Waals surface area contributed by atoms with Crippen LogP contribution in [-0.4, -0.2) is 37.8 Å². The summed E-state index contributed by atoms with van der Waals surface area (Å²) >= 11 is 1.44. The summed E-state index contributed by atoms with van der Waals surface area (Å²) in [7, 11) is 3.17. The topological polar surface area (TPSA) is 86.5 Å². The van der Waals surface area contributed by atoms with Gasteiger partial charge in [-0.05, 0) is 31.2 Å². The minimum absolute atomic E-state index is 0. The fraction of sp³-hybridized carbons (Fsp3) is 0.375. The van der Waals surface area contributed by atoms with Crippen LogP contribution in [0.3, 0.4) is 0 Å². The molecule has 0 fully saturated rings. The summed E-state index contributed by atoms with van der Waals surface area (Å²) in [6, 6.07) is 7.66. The monoisotopic (exact) mass is 371 g/mol. The average molecular weight is 372 g/mol. The minimum atomic E-state index is -0.280. The van der Waals surface area contributed by atoms with Crippen molar-refractivity contribution in [3.63, 3.8) is 0 Å². The Labute approximate surface area is 151 Å². The first-order valence-electron chi connectivity index (χ1n) is 7.22. The Morgan fingerprint density at radius 3 is 2.54 bits per heavy atom. The Morgan fingerprint density at radius 2 is 2.00 bits per heavy atom. The van der Waals surface area contributed by atoms with Crippen molar-refractivity contribution in [1.29, 1.82) is 0 Å². The van der Waals surface area contributed by atoms with E-state index < -0.39 is 0 Å². The number of nitrogens with one attached hydrogen (secondary N) is 1. The van der Waals surface area contributed by atoms with Gasteiger partial charge in [0.1, 0.15) is 5.75 Å². The smallest absolute Gasteiger partial charge is 0.228 e. The van der Waals surface area contributed by atoms with Crippen LogP contribution >= 0.6 is 23.7 Å². The highest BCUT2D eigenvalue weighted by atomic mass is 35.5. The highest BCUT2D eigenvalue weighted by Gasteiger charge is 2.15. The molecular formula is C16H22ClN3O3S. The zero-order valence-corrected chi connectivity index (χ0v) is 15.5. The predicted octanol–water partition coefficient (Wildman–Crippen LogP) is 2.85. The van der Waals surface area contributed by atoms with Gasteiger partial charge in [0.25, 0.3) is 0 Å². The number of aryl methyl sites for hydroxylation is 1. The molecule has 0 saturated heterocycles. The van der Waals surface area contributed by atoms with Crippen LogP contribution in [0.25, 0.3) is 11.3 Å². The first-order chi connectivity index (χ1) is 11.1. The molecule has 1 amide bonds. The molecule has 8 heteroatoms. The molecule has 0 aliphatic heterocycles. The van der Waals surface area contributed by atoms with Crippen LogP contribution in [0.4, 0.5) is 5.13 Å². The van der Waals surface area contributed by atoms with Crippen molar-refractivity contribution in [1.82, 2.24) is 4.98 Å². The number of halogens is 1. The van der Waals surface area contributed by atoms with Crippen molar-refractivity contribution in [2.45, 2.75) is 19.4 Å². The first kappa shape index (κ1) is 20.4. The van der Waals surface area contributed by atoms with E-state index >= 15 is 0 Å². The number of methoxy groups -OCH3 is 2. The molecule has 1 unspecified atom stereocenters. The van der Waals surface area contributed by atoms with E-state index in [-0.39, 0.29) is 30.8 Å². The summed E-state index contributed by atoms with van der Waals surface area (Å²) in [4.78, 5) is 17.5. The molecule has 0 bridgehead atoms. The van der Waals surface area contributed by atoms with Gasteiger partial charge in [0, 0.05) is 24.1 Å². The van der Waals surface area contributed by atoms with Crippen molar-refractivity contribution in [2.75, 3.05) is 26.1 Å². The Kier molecular flexibility index (Phi) is 8.14. The van der Waals surface area contributed by atoms with Crippen LogP contribution in [-0.2, 0) is 9.53 Å². The number of anilines is 1. The third-order valence-electron chi connectivity index (χ3n) is 3.42. The lowest BCUT2D eigenvalue weighted by Crippen LogP contribution is -2.28. The number of hydrogen-bond acceptors (Lipinski definition) is 6. The van der Waals surface area contributed by atoms with E-state index in [1.54, 1.807) is 14.2 Å². The van der Waals surface area contributed by atoms with Gasteiger partial charge in [-0.3, -0.25) is 4.79 Å². The summed E-state index contributed by atoms with van der Waals surface area (Å²) in [5, 5.41) is 3.38. The lowest BCUT2D eigenvalue weighted by atomic mass is 10.1. The number of thiazole rings is 1. The van der Waals surface area contributed by atoms with Gasteiger partial charge in [0.05, 0.1) is 25.3 Å². The molecule has 1 atom stereocenters. The third-order valence-corrected chi connectivity index (χ3v) is 4.30. The van der Waals surface area contributed by atoms with E-state index in [0.717, 1.165) is 21.9 Å². The van der Waals surface area contributed by atoms with Gasteiger partial charge in [-0.15, -0.1) is 23.7 Å². The lowest BCUT2D eigenvalue weighted by Gasteiger charge is -2.11. The van der Waals surface area contributed by atoms with E-state index in [4.69, 9.17) is 15.2 Å². The average Bonchev–Trinajstić information content (AvgIpc) is 2.92. The Bertz CT molecular complexity index is 657. The quantitative estimate of drug-likeness (QED) is 0.781. The normalized spacial score (nSPS) is 11.5. The number of benzene rings is 1. The molecule has 0 aliphatic carbocycles. The maximum Gasteiger partial charge on any atom is 0.228 e. The number of nitrogens with zero attached hydrogens (tertiary/aromatic N) is 1. The molecule has 0 spiro atoms. The first-order valence-corrected chi connectivity index (χ1v) is 8.03. The van der Waals surface area contributed by atoms with Crippen molar-refractivity contribution in [2.24, 2.45) is 5.73 Å². The van der Waals surface area contributed by atoms with Crippen LogP contribution in [0, 0.1) is 6.92 Å². The van der Waals surface area contributed by atoms with Crippen molar-refractivity contribution >= 4 is 34.8 Å². The summed E-state index contributed by atoms with van der Waals surface area (Å²) in [5.41, 5.74) is 7.36. The highest BCUT2D eigenvalue weighted by Crippen LogP contribution is 2.31. The highest BCUT2D eigenvalue weighted by molar-refractivity contribution is 7.16. The largest absolute Gasteiger partial charge is 0.497 e. The molecule has 2 aromatic rings. The van der Waals surface area contributed by atoms with Gasteiger partial charge in [-0.25, -0.2) is 4.98 Å². The van der Waals surface area contributed by atoms with Crippen molar-refractivity contribution in [3.05, 3.63) is 29.1 Å². The Balaban J connectivity index is 0.00000288. The van der Waals surface area contributed by atoms with Gasteiger partial charge in [-0.2, -0.15) is 0 Å². The molecule has 1 heterocycles. The number of nitrogens with two attached hydrogens (primary N) is 1. The van der Waals surface area contributed by atoms with Crippen LogP contribution in [0.2, 0.25) is 0 Å². The molecule has 132 valence electrons. The molecule has 1 aromatic heterocycles. The van der Waals surface area contributed by atoms with Crippen molar-refractivity contribution < 1.29 is 14.3 Å². The zero-order valence-electron chi connectivity index (χ0n) is 13.9. The van der Waals surface area contributed by atoms with E-state index in [9.17, 15) is 4.79 Å². The number of amides is 1. The number of hydrogen-bond donors (Lipinski definition) is 2. The zero-order chi connectivity index (χ0) is 16.8. The number of carbonyl (C=O) groups is 1. The Morgan fingerprint density at radius 1 is 1.33 bits per heavy atom. The van der Waals surface area contributed by atoms with Crippen LogP contribution in [0.5, 0.6) is 5.75 Å². The van der Waals surface area contributed by atoms with Crippen LogP contribution < -0.4 is 15.8 Å². The van der Waals surface area contributed by atoms with Crippen LogP contribution in [0.15, 0.2) is 24.3 Å². The number of ether oxygens (including phenoxy) is 2. The second-order valence-corrected chi connectivity index (χ2v) is 6.20. The standard InChI is InChI=1S/C16H21N3O3S.ClH/c1-10-15(11-4-6-12(21-2)7-5-11)19-16(23-10)18-14(20)8-13(9-17)22-3;/h4-7,13H,8-9,17H2,1-3H3,(H,18,19,20);1H. The van der Waals surface area contributed by atoms with E-state index in [1.807, 2.05) is 31.2 Å². The summed E-state index contributed by atoms with van der Waals surface area (Å²) in [5.74, 6) is 0.639. The van der Waals surface area contributed by atoms with E-state index in [0.29, 0.717) is 11.7 Å². The molecule has 3 N–H and O–H groups in total. The van der Waals surface area contributed by atoms with E-state index in [1.165, 1.54) is 11.3 Å². The maximum atomic E-state index is 12.0. The predicted molar refractivity (Wildman–Crippen MR) is 99.2 cm³/mol. The molecule has 24 heavy (non-hydrogen) atoms. The maximum absolute atomic E-state index is 12.0. The number of carbonyl (C=O) groups excluding carboxylic acids is 1. The molecule has 0 saturated carbocycles. The van der Waals surface area contributed by atoms with Crippen LogP contribution in [0.1, 0.15) is 11.3 Å². The fourth-order valence-corrected chi connectivity index (χ4v) is 2.96. The minimum Gasteiger partial charge on any atom is -0.497 e. The summed E-state index contributed by atoms with van der Waals surface area (Å²) < 4.78 is 10.3. The van der Waals surface area contributed by atoms with Gasteiger partial charge in [-0.1, -0.05) is 0 Å².